The van der Waals surface area contributed by atoms with E-state index < -0.39 is 0 Å². The Balaban J connectivity index is 3.50. The Morgan fingerprint density at radius 2 is 1.12 bits per heavy atom. The van der Waals surface area contributed by atoms with Gasteiger partial charge in [0.05, 0.1) is 6.61 Å². The van der Waals surface area contributed by atoms with Crippen molar-refractivity contribution in [3.63, 3.8) is 0 Å². The zero-order chi connectivity index (χ0) is 19.1. The Morgan fingerprint density at radius 1 is 0.654 bits per heavy atom. The Morgan fingerprint density at radius 3 is 1.58 bits per heavy atom. The molecule has 0 saturated heterocycles. The predicted molar refractivity (Wildman–Crippen MR) is 114 cm³/mol. The van der Waals surface area contributed by atoms with Crippen molar-refractivity contribution in [1.82, 2.24) is 0 Å². The zero-order valence-electron chi connectivity index (χ0n) is 16.9. The summed E-state index contributed by atoms with van der Waals surface area (Å²) in [5.74, 6) is -0.116. The van der Waals surface area contributed by atoms with Gasteiger partial charge < -0.3 is 4.74 Å². The Bertz CT molecular complexity index is 453. The van der Waals surface area contributed by atoms with E-state index in [1.165, 1.54) is 25.7 Å². The summed E-state index contributed by atoms with van der Waals surface area (Å²) in [5, 5.41) is 0. The van der Waals surface area contributed by atoms with Crippen LogP contribution in [0.15, 0.2) is 60.8 Å². The van der Waals surface area contributed by atoms with E-state index in [4.69, 9.17) is 4.74 Å². The summed E-state index contributed by atoms with van der Waals surface area (Å²) in [5.41, 5.74) is 0. The van der Waals surface area contributed by atoms with Gasteiger partial charge in [-0.1, -0.05) is 80.5 Å². The SMILES string of the molecule is CCCCCC=CCC=CCC=CCC=CCC=CCCC(=O)OCC. The summed E-state index contributed by atoms with van der Waals surface area (Å²) in [6.45, 7) is 4.53. The summed E-state index contributed by atoms with van der Waals surface area (Å²) < 4.78 is 4.88. The second-order valence-electron chi connectivity index (χ2n) is 6.14. The third kappa shape index (κ3) is 20.2. The van der Waals surface area contributed by atoms with Gasteiger partial charge in [0.15, 0.2) is 0 Å². The molecular formula is C24H38O2. The topological polar surface area (TPSA) is 26.3 Å². The van der Waals surface area contributed by atoms with E-state index in [0.29, 0.717) is 13.0 Å². The first kappa shape index (κ1) is 24.2. The standard InChI is InChI=1S/C24H38O2/c1-3-5-6-7-8-9-10-11-12-13-14-15-16-17-18-19-20-21-22-23-24(25)26-4-2/h8-9,11-12,14-15,17-18,20-21H,3-7,10,13,16,19,22-23H2,1-2H3. The van der Waals surface area contributed by atoms with Crippen molar-refractivity contribution in [2.45, 2.75) is 78.1 Å². The molecule has 0 aliphatic heterocycles. The lowest BCUT2D eigenvalue weighted by Gasteiger charge is -1.97. The normalized spacial score (nSPS) is 12.5. The van der Waals surface area contributed by atoms with Crippen LogP contribution in [0.5, 0.6) is 0 Å². The molecule has 2 nitrogen and oxygen atoms in total. The first-order valence-electron chi connectivity index (χ1n) is 10.2. The molecule has 0 radical (unpaired) electrons. The number of carbonyl (C=O) groups excluding carboxylic acids is 1. The first-order valence-corrected chi connectivity index (χ1v) is 10.2. The van der Waals surface area contributed by atoms with Gasteiger partial charge >= 0.3 is 5.97 Å². The van der Waals surface area contributed by atoms with Crippen LogP contribution in [-0.2, 0) is 9.53 Å². The van der Waals surface area contributed by atoms with Gasteiger partial charge in [0, 0.05) is 6.42 Å². The van der Waals surface area contributed by atoms with Crippen molar-refractivity contribution in [3.8, 4) is 0 Å². The molecule has 0 aliphatic rings. The van der Waals surface area contributed by atoms with Crippen LogP contribution in [0.4, 0.5) is 0 Å². The third-order valence-corrected chi connectivity index (χ3v) is 3.72. The molecule has 0 spiro atoms. The molecule has 0 rings (SSSR count). The fourth-order valence-corrected chi connectivity index (χ4v) is 2.27. The third-order valence-electron chi connectivity index (χ3n) is 3.72. The van der Waals surface area contributed by atoms with E-state index in [2.05, 4.69) is 61.6 Å². The number of hydrogen-bond donors (Lipinski definition) is 0. The van der Waals surface area contributed by atoms with Gasteiger partial charge in [-0.2, -0.15) is 0 Å². The van der Waals surface area contributed by atoms with Gasteiger partial charge in [-0.3, -0.25) is 4.79 Å². The highest BCUT2D eigenvalue weighted by Crippen LogP contribution is 2.01. The van der Waals surface area contributed by atoms with Gasteiger partial charge in [0.1, 0.15) is 0 Å². The number of ether oxygens (including phenoxy) is 1. The number of allylic oxidation sites excluding steroid dienone is 10. The maximum Gasteiger partial charge on any atom is 0.306 e. The molecule has 146 valence electrons. The van der Waals surface area contributed by atoms with Crippen molar-refractivity contribution < 1.29 is 9.53 Å². The van der Waals surface area contributed by atoms with Gasteiger partial charge in [-0.15, -0.1) is 0 Å². The largest absolute Gasteiger partial charge is 0.466 e. The number of unbranched alkanes of at least 4 members (excludes halogenated alkanes) is 3. The highest BCUT2D eigenvalue weighted by atomic mass is 16.5. The summed E-state index contributed by atoms with van der Waals surface area (Å²) in [6, 6.07) is 0. The fourth-order valence-electron chi connectivity index (χ4n) is 2.27. The molecule has 0 amide bonds. The lowest BCUT2D eigenvalue weighted by atomic mass is 10.2. The van der Waals surface area contributed by atoms with Crippen LogP contribution in [-0.4, -0.2) is 12.6 Å². The monoisotopic (exact) mass is 358 g/mol. The molecule has 0 saturated carbocycles. The van der Waals surface area contributed by atoms with Gasteiger partial charge in [-0.25, -0.2) is 0 Å². The van der Waals surface area contributed by atoms with Gasteiger partial charge in [0.25, 0.3) is 0 Å². The molecule has 0 N–H and O–H groups in total. The minimum Gasteiger partial charge on any atom is -0.466 e. The van der Waals surface area contributed by atoms with Gasteiger partial charge in [0.2, 0.25) is 0 Å². The molecule has 0 aromatic rings. The minimum atomic E-state index is -0.116. The number of esters is 1. The maximum absolute atomic E-state index is 11.1. The average molecular weight is 359 g/mol. The molecule has 0 heterocycles. The van der Waals surface area contributed by atoms with Crippen molar-refractivity contribution in [2.75, 3.05) is 6.61 Å². The summed E-state index contributed by atoms with van der Waals surface area (Å²) in [4.78, 5) is 11.1. The molecule has 0 aromatic heterocycles. The molecule has 0 fully saturated rings. The van der Waals surface area contributed by atoms with Crippen LogP contribution in [0.3, 0.4) is 0 Å². The van der Waals surface area contributed by atoms with Crippen molar-refractivity contribution in [3.05, 3.63) is 60.8 Å². The number of carbonyl (C=O) groups is 1. The van der Waals surface area contributed by atoms with E-state index in [9.17, 15) is 4.79 Å². The summed E-state index contributed by atoms with van der Waals surface area (Å²) >= 11 is 0. The summed E-state index contributed by atoms with van der Waals surface area (Å²) in [7, 11) is 0. The molecule has 0 unspecified atom stereocenters. The molecule has 26 heavy (non-hydrogen) atoms. The summed E-state index contributed by atoms with van der Waals surface area (Å²) in [6.07, 6.45) is 32.2. The number of hydrogen-bond acceptors (Lipinski definition) is 2. The molecular weight excluding hydrogens is 320 g/mol. The smallest absolute Gasteiger partial charge is 0.306 e. The molecule has 0 aromatic carbocycles. The highest BCUT2D eigenvalue weighted by molar-refractivity contribution is 5.69. The second-order valence-corrected chi connectivity index (χ2v) is 6.14. The van der Waals surface area contributed by atoms with Gasteiger partial charge in [-0.05, 0) is 51.9 Å². The predicted octanol–water partition coefficient (Wildman–Crippen LogP) is 7.25. The molecule has 0 aliphatic carbocycles. The van der Waals surface area contributed by atoms with Crippen molar-refractivity contribution in [1.29, 1.82) is 0 Å². The van der Waals surface area contributed by atoms with Crippen LogP contribution in [0.1, 0.15) is 78.1 Å². The number of rotatable bonds is 16. The molecule has 0 bridgehead atoms. The van der Waals surface area contributed by atoms with Crippen LogP contribution in [0.2, 0.25) is 0 Å². The van der Waals surface area contributed by atoms with Crippen LogP contribution < -0.4 is 0 Å². The van der Waals surface area contributed by atoms with Crippen LogP contribution >= 0.6 is 0 Å². The van der Waals surface area contributed by atoms with Crippen LogP contribution in [0.25, 0.3) is 0 Å². The van der Waals surface area contributed by atoms with Crippen LogP contribution in [0, 0.1) is 0 Å². The van der Waals surface area contributed by atoms with E-state index in [1.807, 2.05) is 13.0 Å². The van der Waals surface area contributed by atoms with E-state index in [1.54, 1.807) is 0 Å². The van der Waals surface area contributed by atoms with E-state index in [-0.39, 0.29) is 5.97 Å². The Kier molecular flexibility index (Phi) is 19.7. The van der Waals surface area contributed by atoms with Crippen molar-refractivity contribution >= 4 is 5.97 Å². The van der Waals surface area contributed by atoms with E-state index in [0.717, 1.165) is 32.1 Å². The molecule has 0 atom stereocenters. The van der Waals surface area contributed by atoms with Crippen molar-refractivity contribution in [2.24, 2.45) is 0 Å². The van der Waals surface area contributed by atoms with E-state index >= 15 is 0 Å². The maximum atomic E-state index is 11.1. The quantitative estimate of drug-likeness (QED) is 0.165. The Hall–Kier alpha value is -1.83. The average Bonchev–Trinajstić information content (AvgIpc) is 2.64. The fraction of sp³-hybridized carbons (Fsp3) is 0.542. The Labute approximate surface area is 161 Å². The first-order chi connectivity index (χ1) is 12.8. The lowest BCUT2D eigenvalue weighted by Crippen LogP contribution is -2.02. The molecule has 2 heteroatoms. The minimum absolute atomic E-state index is 0.116. The highest BCUT2D eigenvalue weighted by Gasteiger charge is 1.97. The lowest BCUT2D eigenvalue weighted by molar-refractivity contribution is -0.142. The zero-order valence-corrected chi connectivity index (χ0v) is 16.9. The second kappa shape index (κ2) is 21.2.